The van der Waals surface area contributed by atoms with Crippen molar-refractivity contribution in [3.63, 3.8) is 0 Å². The number of rotatable bonds is 5. The van der Waals surface area contributed by atoms with E-state index in [-0.39, 0.29) is 6.61 Å². The van der Waals surface area contributed by atoms with Gasteiger partial charge in [-0.05, 0) is 31.2 Å². The minimum absolute atomic E-state index is 0.248. The van der Waals surface area contributed by atoms with Crippen LogP contribution in [0.25, 0.3) is 0 Å². The van der Waals surface area contributed by atoms with E-state index in [1.807, 2.05) is 0 Å². The lowest BCUT2D eigenvalue weighted by Gasteiger charge is -2.25. The number of ether oxygens (including phenoxy) is 3. The Labute approximate surface area is 164 Å². The molecule has 0 aliphatic carbocycles. The summed E-state index contributed by atoms with van der Waals surface area (Å²) in [4.78, 5) is 24.4. The third-order valence-corrected chi connectivity index (χ3v) is 5.37. The molecule has 1 aliphatic rings. The van der Waals surface area contributed by atoms with E-state index in [0.29, 0.717) is 11.1 Å². The van der Waals surface area contributed by atoms with E-state index in [2.05, 4.69) is 15.9 Å². The van der Waals surface area contributed by atoms with Crippen molar-refractivity contribution in [1.82, 2.24) is 0 Å². The van der Waals surface area contributed by atoms with E-state index in [4.69, 9.17) is 14.2 Å². The van der Waals surface area contributed by atoms with Crippen molar-refractivity contribution in [2.24, 2.45) is 0 Å². The molecule has 2 aromatic rings. The van der Waals surface area contributed by atoms with E-state index in [0.717, 1.165) is 0 Å². The van der Waals surface area contributed by atoms with Gasteiger partial charge in [-0.15, -0.1) is 0 Å². The van der Waals surface area contributed by atoms with Crippen LogP contribution in [-0.2, 0) is 14.2 Å². The Morgan fingerprint density at radius 3 is 2.11 bits per heavy atom. The quantitative estimate of drug-likeness (QED) is 0.525. The molecule has 0 amide bonds. The Bertz CT molecular complexity index is 797. The van der Waals surface area contributed by atoms with Crippen LogP contribution in [0.15, 0.2) is 60.7 Å². The summed E-state index contributed by atoms with van der Waals surface area (Å²) in [6.45, 7) is 1.02. The monoisotopic (exact) mass is 436 g/mol. The highest BCUT2D eigenvalue weighted by Crippen LogP contribution is 2.40. The van der Waals surface area contributed by atoms with E-state index < -0.39 is 34.8 Å². The largest absolute Gasteiger partial charge is 0.459 e. The molecule has 2 aromatic carbocycles. The molecule has 1 heterocycles. The minimum atomic E-state index is -1.99. The molecule has 3 rings (SSSR count). The summed E-state index contributed by atoms with van der Waals surface area (Å²) in [5.41, 5.74) is -1.33. The predicted molar refractivity (Wildman–Crippen MR) is 99.5 cm³/mol. The highest BCUT2D eigenvalue weighted by atomic mass is 79.9. The predicted octanol–water partition coefficient (Wildman–Crippen LogP) is 3.92. The maximum absolute atomic E-state index is 15.1. The Hall–Kier alpha value is -2.25. The fourth-order valence-electron chi connectivity index (χ4n) is 2.74. The standard InChI is InChI=1S/C20H18BrFO5/c1-20(22)16(27-18(24)14-10-6-3-7-11-14)15(26-19(20)21)12-25-17(23)13-8-4-2-5-9-13/h2-11,15-16,19H,12H2,1H3/t15-,16+,19-,20?/m1/s1. The Morgan fingerprint density at radius 2 is 1.56 bits per heavy atom. The molecular weight excluding hydrogens is 419 g/mol. The Morgan fingerprint density at radius 1 is 1.04 bits per heavy atom. The van der Waals surface area contributed by atoms with Crippen molar-refractivity contribution < 1.29 is 28.2 Å². The first kappa shape index (κ1) is 19.5. The number of hydrogen-bond donors (Lipinski definition) is 0. The molecule has 0 saturated carbocycles. The zero-order valence-corrected chi connectivity index (χ0v) is 16.1. The SMILES string of the molecule is CC1(F)[C@H](Br)O[C@H](COC(=O)c2ccccc2)[C@@H]1OC(=O)c1ccccc1. The first-order valence-corrected chi connectivity index (χ1v) is 9.28. The van der Waals surface area contributed by atoms with Crippen LogP contribution in [0.2, 0.25) is 0 Å². The van der Waals surface area contributed by atoms with Crippen LogP contribution >= 0.6 is 15.9 Å². The van der Waals surface area contributed by atoms with E-state index in [9.17, 15) is 9.59 Å². The normalized spacial score (nSPS) is 27.1. The molecule has 1 saturated heterocycles. The number of carbonyl (C=O) groups excluding carboxylic acids is 2. The topological polar surface area (TPSA) is 61.8 Å². The van der Waals surface area contributed by atoms with Crippen LogP contribution < -0.4 is 0 Å². The molecule has 0 N–H and O–H groups in total. The maximum Gasteiger partial charge on any atom is 0.338 e. The van der Waals surface area contributed by atoms with Crippen LogP contribution in [0.5, 0.6) is 0 Å². The molecule has 1 fully saturated rings. The molecule has 1 aliphatic heterocycles. The average molecular weight is 437 g/mol. The zero-order chi connectivity index (χ0) is 19.4. The van der Waals surface area contributed by atoms with Crippen molar-refractivity contribution in [2.75, 3.05) is 6.61 Å². The van der Waals surface area contributed by atoms with Crippen LogP contribution in [0.3, 0.4) is 0 Å². The summed E-state index contributed by atoms with van der Waals surface area (Å²) < 4.78 is 31.2. The first-order valence-electron chi connectivity index (χ1n) is 8.36. The van der Waals surface area contributed by atoms with Gasteiger partial charge in [0.1, 0.15) is 12.7 Å². The number of halogens is 2. The number of alkyl halides is 2. The summed E-state index contributed by atoms with van der Waals surface area (Å²) >= 11 is 3.11. The van der Waals surface area contributed by atoms with Gasteiger partial charge < -0.3 is 14.2 Å². The molecule has 142 valence electrons. The Balaban J connectivity index is 1.69. The van der Waals surface area contributed by atoms with Crippen LogP contribution in [0.4, 0.5) is 4.39 Å². The molecule has 0 aromatic heterocycles. The third kappa shape index (κ3) is 4.36. The fourth-order valence-corrected chi connectivity index (χ4v) is 3.28. The first-order chi connectivity index (χ1) is 12.9. The number of carbonyl (C=O) groups is 2. The lowest BCUT2D eigenvalue weighted by Crippen LogP contribution is -2.44. The van der Waals surface area contributed by atoms with Gasteiger partial charge in [0.25, 0.3) is 0 Å². The van der Waals surface area contributed by atoms with Crippen molar-refractivity contribution >= 4 is 27.9 Å². The smallest absolute Gasteiger partial charge is 0.338 e. The van der Waals surface area contributed by atoms with E-state index in [1.54, 1.807) is 60.7 Å². The average Bonchev–Trinajstić information content (AvgIpc) is 2.90. The van der Waals surface area contributed by atoms with Gasteiger partial charge in [0.05, 0.1) is 11.1 Å². The van der Waals surface area contributed by atoms with Gasteiger partial charge in [0, 0.05) is 0 Å². The summed E-state index contributed by atoms with van der Waals surface area (Å²) in [5, 5.41) is -1.00. The molecule has 0 radical (unpaired) electrons. The van der Waals surface area contributed by atoms with Crippen molar-refractivity contribution in [3.05, 3.63) is 71.8 Å². The summed E-state index contributed by atoms with van der Waals surface area (Å²) in [6, 6.07) is 16.7. The van der Waals surface area contributed by atoms with Gasteiger partial charge in [0.15, 0.2) is 16.8 Å². The molecule has 5 nitrogen and oxygen atoms in total. The summed E-state index contributed by atoms with van der Waals surface area (Å²) in [7, 11) is 0. The molecule has 7 heteroatoms. The van der Waals surface area contributed by atoms with Crippen LogP contribution in [-0.4, -0.2) is 41.4 Å². The van der Waals surface area contributed by atoms with Crippen molar-refractivity contribution in [3.8, 4) is 0 Å². The molecule has 1 unspecified atom stereocenters. The van der Waals surface area contributed by atoms with Crippen molar-refractivity contribution in [2.45, 2.75) is 29.8 Å². The second-order valence-corrected chi connectivity index (χ2v) is 7.13. The maximum atomic E-state index is 15.1. The second kappa shape index (κ2) is 8.19. The van der Waals surface area contributed by atoms with Gasteiger partial charge in [-0.25, -0.2) is 14.0 Å². The molecular formula is C20H18BrFO5. The van der Waals surface area contributed by atoms with Gasteiger partial charge >= 0.3 is 11.9 Å². The lowest BCUT2D eigenvalue weighted by molar-refractivity contribution is -0.0422. The number of esters is 2. The Kier molecular flexibility index (Phi) is 5.92. The van der Waals surface area contributed by atoms with Gasteiger partial charge in [-0.3, -0.25) is 0 Å². The van der Waals surface area contributed by atoms with Gasteiger partial charge in [-0.1, -0.05) is 52.3 Å². The second-order valence-electron chi connectivity index (χ2n) is 6.30. The van der Waals surface area contributed by atoms with Gasteiger partial charge in [0.2, 0.25) is 0 Å². The fraction of sp³-hybridized carbons (Fsp3) is 0.300. The van der Waals surface area contributed by atoms with Gasteiger partial charge in [-0.2, -0.15) is 0 Å². The number of benzene rings is 2. The van der Waals surface area contributed by atoms with Crippen LogP contribution in [0, 0.1) is 0 Å². The summed E-state index contributed by atoms with van der Waals surface area (Å²) in [6.07, 6.45) is -2.18. The minimum Gasteiger partial charge on any atom is -0.459 e. The number of hydrogen-bond acceptors (Lipinski definition) is 5. The van der Waals surface area contributed by atoms with E-state index in [1.165, 1.54) is 6.92 Å². The molecule has 0 spiro atoms. The van der Waals surface area contributed by atoms with E-state index >= 15 is 4.39 Å². The molecule has 0 bridgehead atoms. The molecule has 27 heavy (non-hydrogen) atoms. The molecule has 4 atom stereocenters. The lowest BCUT2D eigenvalue weighted by atomic mass is 10.0. The summed E-state index contributed by atoms with van der Waals surface area (Å²) in [5.74, 6) is -1.24. The highest BCUT2D eigenvalue weighted by Gasteiger charge is 2.56. The highest BCUT2D eigenvalue weighted by molar-refractivity contribution is 9.09. The van der Waals surface area contributed by atoms with Crippen molar-refractivity contribution in [1.29, 1.82) is 0 Å². The van der Waals surface area contributed by atoms with Crippen LogP contribution in [0.1, 0.15) is 27.6 Å². The third-order valence-electron chi connectivity index (χ3n) is 4.26. The zero-order valence-electron chi connectivity index (χ0n) is 14.5.